The monoisotopic (exact) mass is 358 g/mol. The molecule has 2 amide bonds. The Morgan fingerprint density at radius 1 is 0.923 bits per heavy atom. The SMILES string of the molecule is O=C(C1C2CCC(C2)N1C(=O)CCCC(C1CC1)C1CC1)N1CCCC1. The lowest BCUT2D eigenvalue weighted by atomic mass is 9.91. The molecule has 3 atom stereocenters. The first kappa shape index (κ1) is 17.1. The predicted octanol–water partition coefficient (Wildman–Crippen LogP) is 3.59. The highest BCUT2D eigenvalue weighted by molar-refractivity contribution is 5.89. The Kier molecular flexibility index (Phi) is 4.48. The van der Waals surface area contributed by atoms with Crippen LogP contribution in [0.15, 0.2) is 0 Å². The summed E-state index contributed by atoms with van der Waals surface area (Å²) in [5.41, 5.74) is 0. The standard InChI is InChI=1S/C22H34N2O2/c25-20(5-3-4-19(15-6-7-15)16-8-9-16)24-18-11-10-17(14-18)21(24)22(26)23-12-1-2-13-23/h15-19,21H,1-14H2. The van der Waals surface area contributed by atoms with Gasteiger partial charge in [-0.05, 0) is 94.3 Å². The van der Waals surface area contributed by atoms with Gasteiger partial charge in [-0.15, -0.1) is 0 Å². The second kappa shape index (κ2) is 6.83. The Labute approximate surface area is 157 Å². The maximum Gasteiger partial charge on any atom is 0.245 e. The molecule has 0 spiro atoms. The Morgan fingerprint density at radius 3 is 2.27 bits per heavy atom. The lowest BCUT2D eigenvalue weighted by molar-refractivity contribution is -0.147. The van der Waals surface area contributed by atoms with Crippen LogP contribution in [0.25, 0.3) is 0 Å². The number of rotatable bonds is 7. The van der Waals surface area contributed by atoms with Gasteiger partial charge in [-0.25, -0.2) is 0 Å². The molecule has 0 N–H and O–H groups in total. The number of nitrogens with zero attached hydrogens (tertiary/aromatic N) is 2. The molecule has 26 heavy (non-hydrogen) atoms. The van der Waals surface area contributed by atoms with E-state index in [1.165, 1.54) is 32.1 Å². The molecule has 4 nitrogen and oxygen atoms in total. The van der Waals surface area contributed by atoms with E-state index in [9.17, 15) is 9.59 Å². The molecule has 2 aliphatic heterocycles. The van der Waals surface area contributed by atoms with Crippen LogP contribution in [0.5, 0.6) is 0 Å². The first-order chi connectivity index (χ1) is 12.7. The summed E-state index contributed by atoms with van der Waals surface area (Å²) in [4.78, 5) is 30.2. The number of hydrogen-bond acceptors (Lipinski definition) is 2. The summed E-state index contributed by atoms with van der Waals surface area (Å²) in [7, 11) is 0. The number of likely N-dealkylation sites (tertiary alicyclic amines) is 2. The van der Waals surface area contributed by atoms with Crippen molar-refractivity contribution in [2.75, 3.05) is 13.1 Å². The van der Waals surface area contributed by atoms with Gasteiger partial charge in [0.05, 0.1) is 0 Å². The Hall–Kier alpha value is -1.06. The molecule has 3 aliphatic carbocycles. The highest BCUT2D eigenvalue weighted by Gasteiger charge is 2.52. The summed E-state index contributed by atoms with van der Waals surface area (Å²) in [5, 5.41) is 0. The van der Waals surface area contributed by atoms with Crippen LogP contribution in [0, 0.1) is 23.7 Å². The van der Waals surface area contributed by atoms with Gasteiger partial charge in [0.15, 0.2) is 0 Å². The second-order valence-corrected chi connectivity index (χ2v) is 9.74. The zero-order valence-electron chi connectivity index (χ0n) is 16.1. The minimum Gasteiger partial charge on any atom is -0.341 e. The molecule has 2 saturated heterocycles. The van der Waals surface area contributed by atoms with Gasteiger partial charge in [-0.2, -0.15) is 0 Å². The lowest BCUT2D eigenvalue weighted by Crippen LogP contribution is -2.53. The number of piperidine rings is 1. The highest BCUT2D eigenvalue weighted by Crippen LogP contribution is 2.51. The van der Waals surface area contributed by atoms with Gasteiger partial charge < -0.3 is 9.80 Å². The molecule has 3 saturated carbocycles. The maximum atomic E-state index is 13.1. The van der Waals surface area contributed by atoms with Gasteiger partial charge in [0.2, 0.25) is 11.8 Å². The summed E-state index contributed by atoms with van der Waals surface area (Å²) < 4.78 is 0. The smallest absolute Gasteiger partial charge is 0.245 e. The van der Waals surface area contributed by atoms with E-state index in [0.717, 1.165) is 69.4 Å². The molecular weight excluding hydrogens is 324 g/mol. The van der Waals surface area contributed by atoms with Crippen molar-refractivity contribution < 1.29 is 9.59 Å². The molecule has 5 rings (SSSR count). The van der Waals surface area contributed by atoms with E-state index >= 15 is 0 Å². The molecule has 5 fully saturated rings. The topological polar surface area (TPSA) is 40.6 Å². The number of carbonyl (C=O) groups excluding carboxylic acids is 2. The highest BCUT2D eigenvalue weighted by atomic mass is 16.2. The summed E-state index contributed by atoms with van der Waals surface area (Å²) in [6.07, 6.45) is 14.3. The number of fused-ring (bicyclic) bond motifs is 2. The summed E-state index contributed by atoms with van der Waals surface area (Å²) in [5.74, 6) is 3.83. The normalized spacial score (nSPS) is 33.5. The maximum absolute atomic E-state index is 13.1. The van der Waals surface area contributed by atoms with E-state index in [1.54, 1.807) is 0 Å². The first-order valence-electron chi connectivity index (χ1n) is 11.3. The number of carbonyl (C=O) groups is 2. The van der Waals surface area contributed by atoms with E-state index in [1.807, 2.05) is 4.90 Å². The molecule has 4 heteroatoms. The summed E-state index contributed by atoms with van der Waals surface area (Å²) >= 11 is 0. The van der Waals surface area contributed by atoms with Crippen molar-refractivity contribution in [1.29, 1.82) is 0 Å². The van der Waals surface area contributed by atoms with Crippen molar-refractivity contribution in [3.05, 3.63) is 0 Å². The van der Waals surface area contributed by atoms with Crippen LogP contribution >= 0.6 is 0 Å². The quantitative estimate of drug-likeness (QED) is 0.698. The molecule has 144 valence electrons. The second-order valence-electron chi connectivity index (χ2n) is 9.74. The van der Waals surface area contributed by atoms with Gasteiger partial charge >= 0.3 is 0 Å². The van der Waals surface area contributed by atoms with Crippen molar-refractivity contribution in [3.8, 4) is 0 Å². The van der Waals surface area contributed by atoms with Crippen LogP contribution in [0.4, 0.5) is 0 Å². The van der Waals surface area contributed by atoms with Crippen molar-refractivity contribution in [1.82, 2.24) is 9.80 Å². The zero-order valence-corrected chi connectivity index (χ0v) is 16.1. The van der Waals surface area contributed by atoms with Crippen molar-refractivity contribution in [3.63, 3.8) is 0 Å². The fourth-order valence-electron chi connectivity index (χ4n) is 6.31. The van der Waals surface area contributed by atoms with Crippen molar-refractivity contribution in [2.24, 2.45) is 23.7 Å². The lowest BCUT2D eigenvalue weighted by Gasteiger charge is -2.36. The predicted molar refractivity (Wildman–Crippen MR) is 100 cm³/mol. The molecule has 3 unspecified atom stereocenters. The fourth-order valence-corrected chi connectivity index (χ4v) is 6.31. The third-order valence-electron chi connectivity index (χ3n) is 7.93. The molecule has 5 aliphatic rings. The van der Waals surface area contributed by atoms with Gasteiger partial charge in [-0.1, -0.05) is 0 Å². The number of hydrogen-bond donors (Lipinski definition) is 0. The van der Waals surface area contributed by atoms with Crippen LogP contribution < -0.4 is 0 Å². The van der Waals surface area contributed by atoms with Gasteiger partial charge in [0, 0.05) is 25.6 Å². The van der Waals surface area contributed by atoms with Crippen molar-refractivity contribution in [2.45, 2.75) is 89.1 Å². The minimum absolute atomic E-state index is 0.123. The van der Waals surface area contributed by atoms with E-state index in [4.69, 9.17) is 0 Å². The van der Waals surface area contributed by atoms with E-state index in [2.05, 4.69) is 4.90 Å². The molecule has 0 aromatic carbocycles. The summed E-state index contributed by atoms with van der Waals surface area (Å²) in [6.45, 7) is 1.80. The van der Waals surface area contributed by atoms with Gasteiger partial charge in [-0.3, -0.25) is 9.59 Å². The van der Waals surface area contributed by atoms with Gasteiger partial charge in [0.25, 0.3) is 0 Å². The first-order valence-corrected chi connectivity index (χ1v) is 11.3. The van der Waals surface area contributed by atoms with Crippen LogP contribution in [0.1, 0.15) is 77.0 Å². The van der Waals surface area contributed by atoms with E-state index in [-0.39, 0.29) is 17.9 Å². The summed E-state index contributed by atoms with van der Waals surface area (Å²) in [6, 6.07) is 0.230. The van der Waals surface area contributed by atoms with Crippen LogP contribution in [0.3, 0.4) is 0 Å². The Morgan fingerprint density at radius 2 is 1.62 bits per heavy atom. The molecule has 2 heterocycles. The third kappa shape index (κ3) is 3.18. The molecule has 0 aromatic heterocycles. The van der Waals surface area contributed by atoms with Gasteiger partial charge in [0.1, 0.15) is 6.04 Å². The van der Waals surface area contributed by atoms with Crippen LogP contribution in [-0.4, -0.2) is 46.8 Å². The average Bonchev–Trinajstić information content (AvgIpc) is 3.53. The minimum atomic E-state index is -0.123. The Balaban J connectivity index is 1.19. The van der Waals surface area contributed by atoms with Crippen molar-refractivity contribution >= 4 is 11.8 Å². The van der Waals surface area contributed by atoms with Crippen LogP contribution in [-0.2, 0) is 9.59 Å². The molecule has 0 radical (unpaired) electrons. The molecule has 2 bridgehead atoms. The molecular formula is C22H34N2O2. The van der Waals surface area contributed by atoms with Crippen LogP contribution in [0.2, 0.25) is 0 Å². The largest absolute Gasteiger partial charge is 0.341 e. The third-order valence-corrected chi connectivity index (χ3v) is 7.93. The van der Waals surface area contributed by atoms with E-state index in [0.29, 0.717) is 18.4 Å². The fraction of sp³-hybridized carbons (Fsp3) is 0.909. The van der Waals surface area contributed by atoms with E-state index < -0.39 is 0 Å². The Bertz CT molecular complexity index is 550. The zero-order chi connectivity index (χ0) is 17.7. The average molecular weight is 359 g/mol. The number of amides is 2. The molecule has 0 aromatic rings.